The Morgan fingerprint density at radius 1 is 1.20 bits per heavy atom. The van der Waals surface area contributed by atoms with Crippen molar-refractivity contribution in [3.05, 3.63) is 87.3 Å². The maximum atomic E-state index is 13.4. The summed E-state index contributed by atoms with van der Waals surface area (Å²) >= 11 is 6.08. The first kappa shape index (κ1) is 20.2. The van der Waals surface area contributed by atoms with Gasteiger partial charge in [-0.15, -0.1) is 0 Å². The number of methoxy groups -OCH3 is 1. The number of amides is 1. The van der Waals surface area contributed by atoms with E-state index in [0.717, 1.165) is 5.56 Å². The molecule has 1 aromatic heterocycles. The lowest BCUT2D eigenvalue weighted by molar-refractivity contribution is 0.0663. The van der Waals surface area contributed by atoms with Gasteiger partial charge in [-0.05, 0) is 35.9 Å². The average molecular weight is 426 g/mol. The number of carbonyl (C=O) groups excluding carboxylic acids is 1. The van der Waals surface area contributed by atoms with Crippen LogP contribution in [0.4, 0.5) is 0 Å². The molecule has 0 N–H and O–H groups in total. The quantitative estimate of drug-likeness (QED) is 0.530. The van der Waals surface area contributed by atoms with E-state index < -0.39 is 6.04 Å². The zero-order chi connectivity index (χ0) is 21.3. The van der Waals surface area contributed by atoms with Gasteiger partial charge in [-0.1, -0.05) is 36.4 Å². The summed E-state index contributed by atoms with van der Waals surface area (Å²) in [6, 6.07) is 11.5. The van der Waals surface area contributed by atoms with E-state index in [0.29, 0.717) is 47.1 Å². The summed E-state index contributed by atoms with van der Waals surface area (Å²) in [7, 11) is 1.56. The third-order valence-corrected chi connectivity index (χ3v) is 5.26. The van der Waals surface area contributed by atoms with Crippen molar-refractivity contribution >= 4 is 28.5 Å². The molecule has 7 heteroatoms. The number of carbonyl (C=O) groups is 1. The lowest BCUT2D eigenvalue weighted by Gasteiger charge is -2.25. The van der Waals surface area contributed by atoms with Crippen molar-refractivity contribution < 1.29 is 18.7 Å². The fourth-order valence-corrected chi connectivity index (χ4v) is 3.83. The molecule has 4 rings (SSSR count). The molecule has 2 aromatic carbocycles. The third kappa shape index (κ3) is 3.49. The van der Waals surface area contributed by atoms with E-state index in [-0.39, 0.29) is 17.1 Å². The Balaban J connectivity index is 1.86. The standard InChI is InChI=1S/C23H20ClNO5/c1-3-11-29-16-7-4-14(5-8-16)20-19-21(26)17-13-15(24)6-9-18(17)30-22(19)23(27)25(20)10-12-28-2/h3-9,13,20H,1,10-12H2,2H3. The number of ether oxygens (including phenoxy) is 2. The summed E-state index contributed by atoms with van der Waals surface area (Å²) in [6.07, 6.45) is 1.66. The minimum absolute atomic E-state index is 0.0582. The minimum Gasteiger partial charge on any atom is -0.490 e. The van der Waals surface area contributed by atoms with Crippen LogP contribution < -0.4 is 10.2 Å². The van der Waals surface area contributed by atoms with Crippen molar-refractivity contribution in [3.8, 4) is 5.75 Å². The molecule has 154 valence electrons. The van der Waals surface area contributed by atoms with Crippen molar-refractivity contribution in [2.75, 3.05) is 26.9 Å². The molecule has 2 heterocycles. The SMILES string of the molecule is C=CCOc1ccc(C2c3c(oc4ccc(Cl)cc4c3=O)C(=O)N2CCOC)cc1. The highest BCUT2D eigenvalue weighted by Crippen LogP contribution is 2.38. The fraction of sp³-hybridized carbons (Fsp3) is 0.217. The number of nitrogens with zero attached hydrogens (tertiary/aromatic N) is 1. The maximum absolute atomic E-state index is 13.4. The molecule has 6 nitrogen and oxygen atoms in total. The Morgan fingerprint density at radius 2 is 1.97 bits per heavy atom. The zero-order valence-corrected chi connectivity index (χ0v) is 17.1. The van der Waals surface area contributed by atoms with E-state index in [1.54, 1.807) is 48.4 Å². The molecule has 1 amide bonds. The number of fused-ring (bicyclic) bond motifs is 2. The highest BCUT2D eigenvalue weighted by atomic mass is 35.5. The second-order valence-corrected chi connectivity index (χ2v) is 7.31. The molecule has 0 aliphatic carbocycles. The van der Waals surface area contributed by atoms with Crippen molar-refractivity contribution in [2.24, 2.45) is 0 Å². The van der Waals surface area contributed by atoms with Gasteiger partial charge in [0.2, 0.25) is 5.76 Å². The van der Waals surface area contributed by atoms with Crippen LogP contribution in [0.25, 0.3) is 11.0 Å². The number of hydrogen-bond acceptors (Lipinski definition) is 5. The van der Waals surface area contributed by atoms with Crippen molar-refractivity contribution in [3.63, 3.8) is 0 Å². The van der Waals surface area contributed by atoms with Crippen LogP contribution in [0.2, 0.25) is 5.02 Å². The summed E-state index contributed by atoms with van der Waals surface area (Å²) in [4.78, 5) is 28.1. The number of rotatable bonds is 7. The molecule has 0 saturated carbocycles. The maximum Gasteiger partial charge on any atom is 0.290 e. The van der Waals surface area contributed by atoms with Gasteiger partial charge in [0.25, 0.3) is 5.91 Å². The van der Waals surface area contributed by atoms with Gasteiger partial charge in [0.1, 0.15) is 17.9 Å². The number of hydrogen-bond donors (Lipinski definition) is 0. The van der Waals surface area contributed by atoms with E-state index in [4.69, 9.17) is 25.5 Å². The molecule has 0 bridgehead atoms. The van der Waals surface area contributed by atoms with Crippen molar-refractivity contribution in [2.45, 2.75) is 6.04 Å². The van der Waals surface area contributed by atoms with Crippen LogP contribution in [-0.2, 0) is 4.74 Å². The van der Waals surface area contributed by atoms with Gasteiger partial charge in [0.05, 0.1) is 23.6 Å². The second-order valence-electron chi connectivity index (χ2n) is 6.88. The Morgan fingerprint density at radius 3 is 2.67 bits per heavy atom. The van der Waals surface area contributed by atoms with E-state index in [1.165, 1.54) is 0 Å². The Labute approximate surface area is 178 Å². The number of benzene rings is 2. The van der Waals surface area contributed by atoms with Crippen LogP contribution >= 0.6 is 11.6 Å². The fourth-order valence-electron chi connectivity index (χ4n) is 3.66. The summed E-state index contributed by atoms with van der Waals surface area (Å²) in [5, 5.41) is 0.772. The zero-order valence-electron chi connectivity index (χ0n) is 16.4. The van der Waals surface area contributed by atoms with Crippen LogP contribution in [0.5, 0.6) is 5.75 Å². The predicted molar refractivity (Wildman–Crippen MR) is 114 cm³/mol. The van der Waals surface area contributed by atoms with Crippen LogP contribution in [0.3, 0.4) is 0 Å². The number of halogens is 1. The average Bonchev–Trinajstić information content (AvgIpc) is 3.03. The van der Waals surface area contributed by atoms with E-state index in [9.17, 15) is 9.59 Å². The Bertz CT molecular complexity index is 1170. The van der Waals surface area contributed by atoms with Crippen LogP contribution in [0.15, 0.2) is 64.3 Å². The molecule has 3 aromatic rings. The van der Waals surface area contributed by atoms with Crippen LogP contribution in [-0.4, -0.2) is 37.7 Å². The molecule has 0 saturated heterocycles. The molecule has 0 fully saturated rings. The first-order chi connectivity index (χ1) is 14.5. The monoisotopic (exact) mass is 425 g/mol. The highest BCUT2D eigenvalue weighted by Gasteiger charge is 2.42. The van der Waals surface area contributed by atoms with Crippen molar-refractivity contribution in [1.82, 2.24) is 4.90 Å². The lowest BCUT2D eigenvalue weighted by atomic mass is 9.98. The normalized spacial score (nSPS) is 15.5. The Hall–Kier alpha value is -3.09. The van der Waals surface area contributed by atoms with Gasteiger partial charge in [-0.3, -0.25) is 9.59 Å². The molecular formula is C23H20ClNO5. The topological polar surface area (TPSA) is 69.0 Å². The van der Waals surface area contributed by atoms with E-state index >= 15 is 0 Å². The molecule has 1 aliphatic heterocycles. The van der Waals surface area contributed by atoms with Crippen molar-refractivity contribution in [1.29, 1.82) is 0 Å². The lowest BCUT2D eigenvalue weighted by Crippen LogP contribution is -2.32. The van der Waals surface area contributed by atoms with E-state index in [1.807, 2.05) is 12.1 Å². The molecule has 30 heavy (non-hydrogen) atoms. The molecular weight excluding hydrogens is 406 g/mol. The van der Waals surface area contributed by atoms with Crippen LogP contribution in [0, 0.1) is 0 Å². The third-order valence-electron chi connectivity index (χ3n) is 5.03. The van der Waals surface area contributed by atoms with Gasteiger partial charge < -0.3 is 18.8 Å². The van der Waals surface area contributed by atoms with Gasteiger partial charge in [0, 0.05) is 18.7 Å². The first-order valence-corrected chi connectivity index (χ1v) is 9.82. The molecule has 0 spiro atoms. The first-order valence-electron chi connectivity index (χ1n) is 9.45. The highest BCUT2D eigenvalue weighted by molar-refractivity contribution is 6.31. The second kappa shape index (κ2) is 8.34. The smallest absolute Gasteiger partial charge is 0.290 e. The van der Waals surface area contributed by atoms with Gasteiger partial charge in [0.15, 0.2) is 5.43 Å². The Kier molecular flexibility index (Phi) is 5.61. The summed E-state index contributed by atoms with van der Waals surface area (Å²) < 4.78 is 16.6. The summed E-state index contributed by atoms with van der Waals surface area (Å²) in [5.74, 6) is 0.389. The molecule has 1 aliphatic rings. The summed E-state index contributed by atoms with van der Waals surface area (Å²) in [6.45, 7) is 4.67. The molecule has 1 atom stereocenters. The van der Waals surface area contributed by atoms with Gasteiger partial charge in [-0.2, -0.15) is 0 Å². The largest absolute Gasteiger partial charge is 0.490 e. The summed E-state index contributed by atoms with van der Waals surface area (Å²) in [5.41, 5.74) is 1.15. The minimum atomic E-state index is -0.587. The van der Waals surface area contributed by atoms with Gasteiger partial charge >= 0.3 is 0 Å². The van der Waals surface area contributed by atoms with Gasteiger partial charge in [-0.25, -0.2) is 0 Å². The van der Waals surface area contributed by atoms with Crippen LogP contribution in [0.1, 0.15) is 27.7 Å². The molecule has 0 radical (unpaired) electrons. The van der Waals surface area contributed by atoms with E-state index in [2.05, 4.69) is 6.58 Å². The molecule has 1 unspecified atom stereocenters. The predicted octanol–water partition coefficient (Wildman–Crippen LogP) is 4.20.